The highest BCUT2D eigenvalue weighted by atomic mass is 32.1. The molecule has 1 fully saturated rings. The summed E-state index contributed by atoms with van der Waals surface area (Å²) in [5.41, 5.74) is 1.21. The lowest BCUT2D eigenvalue weighted by molar-refractivity contribution is 0.102. The molecule has 1 saturated heterocycles. The van der Waals surface area contributed by atoms with E-state index in [1.807, 2.05) is 11.6 Å². The molecule has 0 amide bonds. The van der Waals surface area contributed by atoms with Gasteiger partial charge < -0.3 is 4.74 Å². The molecule has 1 N–H and O–H groups in total. The van der Waals surface area contributed by atoms with Gasteiger partial charge in [-0.1, -0.05) is 0 Å². The van der Waals surface area contributed by atoms with Crippen molar-refractivity contribution in [2.75, 3.05) is 6.61 Å². The van der Waals surface area contributed by atoms with Crippen LogP contribution in [0.3, 0.4) is 0 Å². The topological polar surface area (TPSA) is 55.2 Å². The first kappa shape index (κ1) is 12.7. The summed E-state index contributed by atoms with van der Waals surface area (Å²) in [5.74, 6) is 0.757. The molecule has 5 nitrogen and oxygen atoms in total. The Balaban J connectivity index is 1.92. The molecule has 0 aromatic carbocycles. The number of hydrogen-bond acceptors (Lipinski definition) is 5. The van der Waals surface area contributed by atoms with Gasteiger partial charge in [0, 0.05) is 6.61 Å². The van der Waals surface area contributed by atoms with E-state index in [1.165, 1.54) is 5.56 Å². The number of ether oxygens (including phenoxy) is 1. The zero-order valence-electron chi connectivity index (χ0n) is 10.5. The smallest absolute Gasteiger partial charge is 0.216 e. The van der Waals surface area contributed by atoms with Gasteiger partial charge in [-0.2, -0.15) is 14.9 Å². The molecule has 1 aliphatic rings. The van der Waals surface area contributed by atoms with Gasteiger partial charge in [-0.15, -0.1) is 11.3 Å². The van der Waals surface area contributed by atoms with Crippen molar-refractivity contribution in [1.82, 2.24) is 14.9 Å². The Bertz CT molecular complexity index is 649. The maximum absolute atomic E-state index is 5.63. The number of aromatic nitrogens is 3. The van der Waals surface area contributed by atoms with Crippen molar-refractivity contribution in [3.63, 3.8) is 0 Å². The molecule has 2 aromatic rings. The van der Waals surface area contributed by atoms with Gasteiger partial charge in [-0.05, 0) is 49.0 Å². The highest BCUT2D eigenvalue weighted by Gasteiger charge is 2.23. The number of aryl methyl sites for hydroxylation is 1. The van der Waals surface area contributed by atoms with Gasteiger partial charge in [0.2, 0.25) is 4.77 Å². The van der Waals surface area contributed by atoms with Crippen LogP contribution >= 0.6 is 23.6 Å². The maximum Gasteiger partial charge on any atom is 0.216 e. The van der Waals surface area contributed by atoms with Gasteiger partial charge >= 0.3 is 0 Å². The minimum atomic E-state index is -0.00506. The average Bonchev–Trinajstić information content (AvgIpc) is 3.09. The van der Waals surface area contributed by atoms with Gasteiger partial charge in [0.05, 0.1) is 11.1 Å². The molecule has 1 aliphatic heterocycles. The van der Waals surface area contributed by atoms with Crippen molar-refractivity contribution in [1.29, 1.82) is 0 Å². The van der Waals surface area contributed by atoms with E-state index in [0.717, 1.165) is 30.2 Å². The molecule has 1 atom stereocenters. The first-order valence-corrected chi connectivity index (χ1v) is 7.42. The molecule has 1 unspecified atom stereocenters. The fraction of sp³-hybridized carbons (Fsp3) is 0.417. The van der Waals surface area contributed by atoms with Crippen molar-refractivity contribution < 1.29 is 4.74 Å². The number of nitrogens with one attached hydrogen (secondary N) is 1. The van der Waals surface area contributed by atoms with E-state index < -0.39 is 0 Å². The van der Waals surface area contributed by atoms with Gasteiger partial charge in [-0.3, -0.25) is 5.10 Å². The third-order valence-electron chi connectivity index (χ3n) is 3.09. The summed E-state index contributed by atoms with van der Waals surface area (Å²) >= 11 is 6.87. The minimum Gasteiger partial charge on any atom is -0.370 e. The zero-order chi connectivity index (χ0) is 13.2. The molecule has 0 spiro atoms. The number of nitrogens with zero attached hydrogens (tertiary/aromatic N) is 3. The Labute approximate surface area is 119 Å². The van der Waals surface area contributed by atoms with Crippen LogP contribution in [-0.2, 0) is 4.74 Å². The van der Waals surface area contributed by atoms with Crippen LogP contribution in [0.4, 0.5) is 0 Å². The fourth-order valence-electron chi connectivity index (χ4n) is 2.03. The number of hydrogen-bond donors (Lipinski definition) is 1. The van der Waals surface area contributed by atoms with E-state index in [9.17, 15) is 0 Å². The number of rotatable bonds is 3. The second-order valence-electron chi connectivity index (χ2n) is 4.41. The van der Waals surface area contributed by atoms with Gasteiger partial charge in [0.15, 0.2) is 5.82 Å². The first-order chi connectivity index (χ1) is 9.25. The van der Waals surface area contributed by atoms with E-state index in [0.29, 0.717) is 4.77 Å². The Morgan fingerprint density at radius 3 is 3.26 bits per heavy atom. The van der Waals surface area contributed by atoms with Crippen molar-refractivity contribution in [2.24, 2.45) is 5.10 Å². The standard InChI is InChI=1S/C12H14N4OS2/c1-8-4-6-19-10(8)7-13-16-11(14-15-12(16)18)9-3-2-5-17-9/h4,6-7,9H,2-3,5H2,1H3,(H,15,18)/b13-7-. The second kappa shape index (κ2) is 5.36. The lowest BCUT2D eigenvalue weighted by Gasteiger charge is -2.07. The van der Waals surface area contributed by atoms with E-state index >= 15 is 0 Å². The highest BCUT2D eigenvalue weighted by molar-refractivity contribution is 7.71. The van der Waals surface area contributed by atoms with E-state index in [-0.39, 0.29) is 6.10 Å². The van der Waals surface area contributed by atoms with Crippen LogP contribution in [-0.4, -0.2) is 27.7 Å². The Morgan fingerprint density at radius 1 is 1.68 bits per heavy atom. The third kappa shape index (κ3) is 2.54. The second-order valence-corrected chi connectivity index (χ2v) is 5.75. The summed E-state index contributed by atoms with van der Waals surface area (Å²) in [5, 5.41) is 13.5. The van der Waals surface area contributed by atoms with Crippen LogP contribution in [0.1, 0.15) is 35.2 Å². The predicted molar refractivity (Wildman–Crippen MR) is 77.4 cm³/mol. The minimum absolute atomic E-state index is 0.00506. The summed E-state index contributed by atoms with van der Waals surface area (Å²) in [6, 6.07) is 2.07. The van der Waals surface area contributed by atoms with Gasteiger partial charge in [0.25, 0.3) is 0 Å². The average molecular weight is 294 g/mol. The van der Waals surface area contributed by atoms with Crippen molar-refractivity contribution in [2.45, 2.75) is 25.9 Å². The van der Waals surface area contributed by atoms with Crippen LogP contribution in [0, 0.1) is 11.7 Å². The summed E-state index contributed by atoms with van der Waals surface area (Å²) in [7, 11) is 0. The summed E-state index contributed by atoms with van der Waals surface area (Å²) in [6.07, 6.45) is 3.84. The molecule has 100 valence electrons. The first-order valence-electron chi connectivity index (χ1n) is 6.13. The lowest BCUT2D eigenvalue weighted by Crippen LogP contribution is -2.05. The van der Waals surface area contributed by atoms with E-state index in [4.69, 9.17) is 17.0 Å². The molecule has 7 heteroatoms. The molecule has 0 saturated carbocycles. The fourth-order valence-corrected chi connectivity index (χ4v) is 3.00. The summed E-state index contributed by atoms with van der Waals surface area (Å²) < 4.78 is 7.79. The van der Waals surface area contributed by atoms with Crippen LogP contribution in [0.25, 0.3) is 0 Å². The maximum atomic E-state index is 5.63. The van der Waals surface area contributed by atoms with Crippen LogP contribution < -0.4 is 0 Å². The normalized spacial score (nSPS) is 19.5. The molecular weight excluding hydrogens is 280 g/mol. The van der Waals surface area contributed by atoms with Crippen LogP contribution in [0.2, 0.25) is 0 Å². The predicted octanol–water partition coefficient (Wildman–Crippen LogP) is 3.04. The SMILES string of the molecule is Cc1ccsc1/C=N\n1c(C2CCCO2)n[nH]c1=S. The van der Waals surface area contributed by atoms with Gasteiger partial charge in [0.1, 0.15) is 6.10 Å². The third-order valence-corrected chi connectivity index (χ3v) is 4.30. The largest absolute Gasteiger partial charge is 0.370 e. The number of aromatic amines is 1. The van der Waals surface area contributed by atoms with E-state index in [2.05, 4.69) is 28.3 Å². The Morgan fingerprint density at radius 2 is 2.58 bits per heavy atom. The zero-order valence-corrected chi connectivity index (χ0v) is 12.1. The monoisotopic (exact) mass is 294 g/mol. The van der Waals surface area contributed by atoms with Crippen molar-refractivity contribution in [3.05, 3.63) is 32.5 Å². The summed E-state index contributed by atoms with van der Waals surface area (Å²) in [4.78, 5) is 1.13. The number of thiophene rings is 1. The lowest BCUT2D eigenvalue weighted by atomic mass is 10.2. The molecule has 19 heavy (non-hydrogen) atoms. The molecule has 0 radical (unpaired) electrons. The van der Waals surface area contributed by atoms with E-state index in [1.54, 1.807) is 16.0 Å². The summed E-state index contributed by atoms with van der Waals surface area (Å²) in [6.45, 7) is 2.84. The quantitative estimate of drug-likeness (QED) is 0.699. The molecular formula is C12H14N4OS2. The molecule has 3 heterocycles. The Hall–Kier alpha value is -1.31. The highest BCUT2D eigenvalue weighted by Crippen LogP contribution is 2.27. The Kier molecular flexibility index (Phi) is 3.58. The van der Waals surface area contributed by atoms with Crippen molar-refractivity contribution >= 4 is 29.8 Å². The van der Waals surface area contributed by atoms with Crippen molar-refractivity contribution in [3.8, 4) is 0 Å². The van der Waals surface area contributed by atoms with Crippen LogP contribution in [0.15, 0.2) is 16.5 Å². The molecule has 3 rings (SSSR count). The van der Waals surface area contributed by atoms with Crippen LogP contribution in [0.5, 0.6) is 0 Å². The molecule has 0 aliphatic carbocycles. The molecule has 0 bridgehead atoms. The number of H-pyrrole nitrogens is 1. The van der Waals surface area contributed by atoms with Gasteiger partial charge in [-0.25, -0.2) is 0 Å². The molecule has 2 aromatic heterocycles.